The summed E-state index contributed by atoms with van der Waals surface area (Å²) in [5.41, 5.74) is 1.13. The first-order valence-corrected chi connectivity index (χ1v) is 8.80. The molecule has 0 heterocycles. The molecule has 7 heteroatoms. The van der Waals surface area contributed by atoms with Crippen LogP contribution >= 0.6 is 11.6 Å². The Morgan fingerprint density at radius 1 is 1.07 bits per heavy atom. The third kappa shape index (κ3) is 5.62. The number of hydrogen-bond acceptors (Lipinski definition) is 5. The van der Waals surface area contributed by atoms with Crippen LogP contribution in [0, 0.1) is 0 Å². The van der Waals surface area contributed by atoms with Gasteiger partial charge < -0.3 is 19.5 Å². The van der Waals surface area contributed by atoms with Crippen molar-refractivity contribution in [3.63, 3.8) is 0 Å². The van der Waals surface area contributed by atoms with E-state index in [0.717, 1.165) is 5.56 Å². The molecule has 2 aromatic carbocycles. The summed E-state index contributed by atoms with van der Waals surface area (Å²) in [5.74, 6) is 0.237. The molecule has 144 valence electrons. The molecule has 27 heavy (non-hydrogen) atoms. The van der Waals surface area contributed by atoms with Gasteiger partial charge in [0.05, 0.1) is 33.3 Å². The van der Waals surface area contributed by atoms with Crippen LogP contribution in [0.2, 0.25) is 5.02 Å². The molecule has 0 radical (unpaired) electrons. The van der Waals surface area contributed by atoms with Crippen molar-refractivity contribution in [2.75, 3.05) is 20.8 Å². The molecule has 0 bridgehead atoms. The molecule has 0 unspecified atom stereocenters. The SMILES string of the molecule is CCOc1ccc(C(=O)N[C@@H](CC(=O)OC)c2ccc(Cl)cc2)cc1OC. The normalized spacial score (nSPS) is 11.4. The molecule has 2 aromatic rings. The fourth-order valence-electron chi connectivity index (χ4n) is 2.52. The predicted molar refractivity (Wildman–Crippen MR) is 102 cm³/mol. The number of nitrogens with one attached hydrogen (secondary N) is 1. The lowest BCUT2D eigenvalue weighted by Gasteiger charge is -2.19. The highest BCUT2D eigenvalue weighted by Crippen LogP contribution is 2.28. The molecule has 0 aromatic heterocycles. The van der Waals surface area contributed by atoms with Crippen molar-refractivity contribution in [1.29, 1.82) is 0 Å². The fraction of sp³-hybridized carbons (Fsp3) is 0.300. The van der Waals surface area contributed by atoms with Crippen LogP contribution in [0.25, 0.3) is 0 Å². The monoisotopic (exact) mass is 391 g/mol. The zero-order valence-electron chi connectivity index (χ0n) is 15.5. The van der Waals surface area contributed by atoms with Crippen molar-refractivity contribution >= 4 is 23.5 Å². The summed E-state index contributed by atoms with van der Waals surface area (Å²) in [4.78, 5) is 24.5. The summed E-state index contributed by atoms with van der Waals surface area (Å²) in [7, 11) is 2.81. The first-order chi connectivity index (χ1) is 13.0. The van der Waals surface area contributed by atoms with Crippen LogP contribution in [0.3, 0.4) is 0 Å². The zero-order valence-corrected chi connectivity index (χ0v) is 16.2. The summed E-state index contributed by atoms with van der Waals surface area (Å²) < 4.78 is 15.5. The standard InChI is InChI=1S/C20H22ClNO5/c1-4-27-17-10-7-14(11-18(17)25-2)20(24)22-16(12-19(23)26-3)13-5-8-15(21)9-6-13/h5-11,16H,4,12H2,1-3H3,(H,22,24)/t16-/m0/s1. The minimum absolute atomic E-state index is 0.00195. The van der Waals surface area contributed by atoms with E-state index in [1.165, 1.54) is 14.2 Å². The number of rotatable bonds is 8. The molecule has 0 saturated carbocycles. The van der Waals surface area contributed by atoms with Gasteiger partial charge in [-0.25, -0.2) is 0 Å². The molecule has 1 amide bonds. The summed E-state index contributed by atoms with van der Waals surface area (Å²) in [6.07, 6.45) is -0.00195. The molecule has 0 aliphatic carbocycles. The van der Waals surface area contributed by atoms with Gasteiger partial charge in [-0.15, -0.1) is 0 Å². The molecule has 1 atom stereocenters. The first kappa shape index (κ1) is 20.6. The number of carbonyl (C=O) groups is 2. The summed E-state index contributed by atoms with van der Waals surface area (Å²) in [6, 6.07) is 11.3. The van der Waals surface area contributed by atoms with Gasteiger partial charge in [0, 0.05) is 10.6 Å². The van der Waals surface area contributed by atoms with E-state index in [-0.39, 0.29) is 12.3 Å². The Hall–Kier alpha value is -2.73. The van der Waals surface area contributed by atoms with Crippen LogP contribution < -0.4 is 14.8 Å². The van der Waals surface area contributed by atoms with Gasteiger partial charge in [0.1, 0.15) is 0 Å². The highest BCUT2D eigenvalue weighted by molar-refractivity contribution is 6.30. The van der Waals surface area contributed by atoms with E-state index in [1.54, 1.807) is 42.5 Å². The van der Waals surface area contributed by atoms with Crippen LogP contribution in [-0.2, 0) is 9.53 Å². The van der Waals surface area contributed by atoms with E-state index >= 15 is 0 Å². The molecule has 0 aliphatic rings. The maximum Gasteiger partial charge on any atom is 0.307 e. The topological polar surface area (TPSA) is 73.9 Å². The number of benzene rings is 2. The van der Waals surface area contributed by atoms with Crippen LogP contribution in [0.1, 0.15) is 35.3 Å². The predicted octanol–water partition coefficient (Wildman–Crippen LogP) is 3.78. The second-order valence-corrected chi connectivity index (χ2v) is 6.09. The second kappa shape index (κ2) is 9.83. The molecule has 1 N–H and O–H groups in total. The average Bonchev–Trinajstić information content (AvgIpc) is 2.68. The minimum atomic E-state index is -0.556. The Morgan fingerprint density at radius 2 is 1.78 bits per heavy atom. The largest absolute Gasteiger partial charge is 0.493 e. The van der Waals surface area contributed by atoms with Crippen LogP contribution in [0.15, 0.2) is 42.5 Å². The van der Waals surface area contributed by atoms with Gasteiger partial charge in [0.15, 0.2) is 11.5 Å². The van der Waals surface area contributed by atoms with E-state index in [1.807, 2.05) is 6.92 Å². The Labute approximate surface area is 163 Å². The van der Waals surface area contributed by atoms with Crippen molar-refractivity contribution in [1.82, 2.24) is 5.32 Å². The lowest BCUT2D eigenvalue weighted by molar-refractivity contribution is -0.141. The molecular weight excluding hydrogens is 370 g/mol. The summed E-state index contributed by atoms with van der Waals surface area (Å²) in [6.45, 7) is 2.35. The third-order valence-electron chi connectivity index (χ3n) is 3.90. The molecule has 0 spiro atoms. The van der Waals surface area contributed by atoms with Gasteiger partial charge in [-0.1, -0.05) is 23.7 Å². The third-order valence-corrected chi connectivity index (χ3v) is 4.15. The summed E-state index contributed by atoms with van der Waals surface area (Å²) in [5, 5.41) is 3.43. The van der Waals surface area contributed by atoms with Crippen molar-refractivity contribution in [3.05, 3.63) is 58.6 Å². The zero-order chi connectivity index (χ0) is 19.8. The molecule has 0 saturated heterocycles. The Bertz CT molecular complexity index is 791. The van der Waals surface area contributed by atoms with Crippen LogP contribution in [0.5, 0.6) is 11.5 Å². The van der Waals surface area contributed by atoms with Gasteiger partial charge in [-0.05, 0) is 42.8 Å². The lowest BCUT2D eigenvalue weighted by Crippen LogP contribution is -2.30. The number of carbonyl (C=O) groups excluding carboxylic acids is 2. The fourth-order valence-corrected chi connectivity index (χ4v) is 2.65. The van der Waals surface area contributed by atoms with Gasteiger partial charge in [0.25, 0.3) is 5.91 Å². The average molecular weight is 392 g/mol. The maximum absolute atomic E-state index is 12.7. The van der Waals surface area contributed by atoms with Gasteiger partial charge >= 0.3 is 5.97 Å². The number of methoxy groups -OCH3 is 2. The van der Waals surface area contributed by atoms with Crippen LogP contribution in [-0.4, -0.2) is 32.7 Å². The van der Waals surface area contributed by atoms with E-state index < -0.39 is 12.0 Å². The smallest absolute Gasteiger partial charge is 0.307 e. The van der Waals surface area contributed by atoms with E-state index in [2.05, 4.69) is 5.32 Å². The van der Waals surface area contributed by atoms with Gasteiger partial charge in [-0.2, -0.15) is 0 Å². The van der Waals surface area contributed by atoms with Crippen LogP contribution in [0.4, 0.5) is 0 Å². The summed E-state index contributed by atoms with van der Waals surface area (Å²) >= 11 is 5.92. The quantitative estimate of drug-likeness (QED) is 0.693. The molecule has 2 rings (SSSR count). The Morgan fingerprint density at radius 3 is 2.37 bits per heavy atom. The number of ether oxygens (including phenoxy) is 3. The number of esters is 1. The highest BCUT2D eigenvalue weighted by Gasteiger charge is 2.20. The Kier molecular flexibility index (Phi) is 7.49. The highest BCUT2D eigenvalue weighted by atomic mass is 35.5. The number of hydrogen-bond donors (Lipinski definition) is 1. The molecule has 6 nitrogen and oxygen atoms in total. The lowest BCUT2D eigenvalue weighted by atomic mass is 10.0. The molecular formula is C20H22ClNO5. The van der Waals surface area contributed by atoms with E-state index in [4.69, 9.17) is 25.8 Å². The maximum atomic E-state index is 12.7. The minimum Gasteiger partial charge on any atom is -0.493 e. The Balaban J connectivity index is 2.24. The van der Waals surface area contributed by atoms with E-state index in [0.29, 0.717) is 28.7 Å². The number of amides is 1. The van der Waals surface area contributed by atoms with Crippen molar-refractivity contribution < 1.29 is 23.8 Å². The number of halogens is 1. The first-order valence-electron chi connectivity index (χ1n) is 8.42. The van der Waals surface area contributed by atoms with Crippen molar-refractivity contribution in [2.45, 2.75) is 19.4 Å². The molecule has 0 aliphatic heterocycles. The van der Waals surface area contributed by atoms with Crippen molar-refractivity contribution in [2.24, 2.45) is 0 Å². The second-order valence-electron chi connectivity index (χ2n) is 5.66. The van der Waals surface area contributed by atoms with Gasteiger partial charge in [0.2, 0.25) is 0 Å². The van der Waals surface area contributed by atoms with Crippen molar-refractivity contribution in [3.8, 4) is 11.5 Å². The molecule has 0 fully saturated rings. The van der Waals surface area contributed by atoms with Gasteiger partial charge in [-0.3, -0.25) is 9.59 Å². The van der Waals surface area contributed by atoms with E-state index in [9.17, 15) is 9.59 Å².